The van der Waals surface area contributed by atoms with Crippen molar-refractivity contribution in [2.75, 3.05) is 6.61 Å². The summed E-state index contributed by atoms with van der Waals surface area (Å²) >= 11 is 0. The van der Waals surface area contributed by atoms with Crippen LogP contribution in [-0.4, -0.2) is 12.4 Å². The molecule has 2 heteroatoms. The quantitative estimate of drug-likeness (QED) is 0.760. The number of benzene rings is 1. The van der Waals surface area contributed by atoms with Crippen LogP contribution >= 0.6 is 0 Å². The number of hydrogen-bond donors (Lipinski definition) is 0. The number of carbonyl (C=O) groups excluding carboxylic acids is 1. The molecule has 0 fully saturated rings. The first kappa shape index (κ1) is 12.8. The van der Waals surface area contributed by atoms with Gasteiger partial charge < -0.3 is 4.74 Å². The molecule has 0 amide bonds. The molecule has 1 aromatic rings. The Labute approximate surface area is 97.6 Å². The van der Waals surface area contributed by atoms with E-state index < -0.39 is 0 Å². The van der Waals surface area contributed by atoms with Gasteiger partial charge in [-0.2, -0.15) is 0 Å². The summed E-state index contributed by atoms with van der Waals surface area (Å²) < 4.78 is 5.70. The molecule has 0 saturated carbocycles. The number of ether oxygens (including phenoxy) is 1. The van der Waals surface area contributed by atoms with Crippen molar-refractivity contribution in [2.45, 2.75) is 40.5 Å². The van der Waals surface area contributed by atoms with Crippen molar-refractivity contribution < 1.29 is 9.53 Å². The SMILES string of the molecule is CCC(=O)CCOc1c(C)ccc(C)c1C. The standard InChI is InChI=1S/C14H20O2/c1-5-13(15)8-9-16-14-11(3)7-6-10(2)12(14)4/h6-7H,5,8-9H2,1-4H3. The highest BCUT2D eigenvalue weighted by atomic mass is 16.5. The van der Waals surface area contributed by atoms with E-state index in [0.717, 1.165) is 11.3 Å². The Bertz CT molecular complexity index is 381. The van der Waals surface area contributed by atoms with E-state index in [1.165, 1.54) is 11.1 Å². The van der Waals surface area contributed by atoms with Crippen molar-refractivity contribution in [3.05, 3.63) is 28.8 Å². The summed E-state index contributed by atoms with van der Waals surface area (Å²) in [6, 6.07) is 4.15. The topological polar surface area (TPSA) is 26.3 Å². The number of rotatable bonds is 5. The molecular formula is C14H20O2. The molecule has 1 rings (SSSR count). The van der Waals surface area contributed by atoms with Gasteiger partial charge in [0.2, 0.25) is 0 Å². The Balaban J connectivity index is 2.67. The minimum atomic E-state index is 0.253. The van der Waals surface area contributed by atoms with Crippen molar-refractivity contribution >= 4 is 5.78 Å². The zero-order valence-corrected chi connectivity index (χ0v) is 10.6. The number of aryl methyl sites for hydroxylation is 2. The van der Waals surface area contributed by atoms with Gasteiger partial charge in [0.05, 0.1) is 6.61 Å². The molecule has 0 spiro atoms. The van der Waals surface area contributed by atoms with Gasteiger partial charge in [-0.3, -0.25) is 4.79 Å². The van der Waals surface area contributed by atoms with Crippen LogP contribution in [0.1, 0.15) is 36.5 Å². The number of ketones is 1. The lowest BCUT2D eigenvalue weighted by Crippen LogP contribution is -2.06. The lowest BCUT2D eigenvalue weighted by atomic mass is 10.1. The van der Waals surface area contributed by atoms with E-state index in [0.29, 0.717) is 19.4 Å². The molecule has 0 aromatic heterocycles. The smallest absolute Gasteiger partial charge is 0.136 e. The van der Waals surface area contributed by atoms with Gasteiger partial charge in [0.25, 0.3) is 0 Å². The zero-order valence-electron chi connectivity index (χ0n) is 10.6. The molecule has 0 radical (unpaired) electrons. The molecule has 0 aliphatic carbocycles. The first-order chi connectivity index (χ1) is 7.56. The van der Waals surface area contributed by atoms with Crippen LogP contribution in [0.25, 0.3) is 0 Å². The summed E-state index contributed by atoms with van der Waals surface area (Å²) in [4.78, 5) is 11.2. The Morgan fingerprint density at radius 2 is 1.81 bits per heavy atom. The van der Waals surface area contributed by atoms with Crippen LogP contribution in [0.2, 0.25) is 0 Å². The van der Waals surface area contributed by atoms with Crippen LogP contribution in [0.3, 0.4) is 0 Å². The Morgan fingerprint density at radius 1 is 1.19 bits per heavy atom. The normalized spacial score (nSPS) is 10.2. The van der Waals surface area contributed by atoms with E-state index >= 15 is 0 Å². The summed E-state index contributed by atoms with van der Waals surface area (Å²) in [5, 5.41) is 0. The maximum absolute atomic E-state index is 11.2. The molecular weight excluding hydrogens is 200 g/mol. The fraction of sp³-hybridized carbons (Fsp3) is 0.500. The summed E-state index contributed by atoms with van der Waals surface area (Å²) in [5.74, 6) is 1.19. The van der Waals surface area contributed by atoms with Crippen LogP contribution in [0, 0.1) is 20.8 Å². The van der Waals surface area contributed by atoms with E-state index in [-0.39, 0.29) is 5.78 Å². The fourth-order valence-electron chi connectivity index (χ4n) is 1.59. The van der Waals surface area contributed by atoms with Crippen molar-refractivity contribution in [1.29, 1.82) is 0 Å². The van der Waals surface area contributed by atoms with Crippen molar-refractivity contribution in [1.82, 2.24) is 0 Å². The first-order valence-corrected chi connectivity index (χ1v) is 5.77. The van der Waals surface area contributed by atoms with Crippen LogP contribution < -0.4 is 4.74 Å². The molecule has 0 unspecified atom stereocenters. The molecule has 1 aromatic carbocycles. The third-order valence-electron chi connectivity index (χ3n) is 2.90. The zero-order chi connectivity index (χ0) is 12.1. The molecule has 0 aliphatic heterocycles. The largest absolute Gasteiger partial charge is 0.493 e. The Kier molecular flexibility index (Phi) is 4.53. The molecule has 2 nitrogen and oxygen atoms in total. The number of hydrogen-bond acceptors (Lipinski definition) is 2. The highest BCUT2D eigenvalue weighted by Crippen LogP contribution is 2.25. The van der Waals surface area contributed by atoms with Gasteiger partial charge in [-0.1, -0.05) is 19.1 Å². The minimum Gasteiger partial charge on any atom is -0.493 e. The average molecular weight is 220 g/mol. The first-order valence-electron chi connectivity index (χ1n) is 5.77. The molecule has 88 valence electrons. The van der Waals surface area contributed by atoms with Gasteiger partial charge in [-0.15, -0.1) is 0 Å². The molecule has 0 atom stereocenters. The van der Waals surface area contributed by atoms with E-state index in [2.05, 4.69) is 26.0 Å². The highest BCUT2D eigenvalue weighted by molar-refractivity contribution is 5.78. The summed E-state index contributed by atoms with van der Waals surface area (Å²) in [6.45, 7) is 8.52. The molecule has 0 saturated heterocycles. The third-order valence-corrected chi connectivity index (χ3v) is 2.90. The second-order valence-electron chi connectivity index (χ2n) is 4.14. The predicted octanol–water partition coefficient (Wildman–Crippen LogP) is 3.36. The van der Waals surface area contributed by atoms with Gasteiger partial charge >= 0.3 is 0 Å². The molecule has 0 N–H and O–H groups in total. The highest BCUT2D eigenvalue weighted by Gasteiger charge is 2.07. The van der Waals surface area contributed by atoms with E-state index in [9.17, 15) is 4.79 Å². The maximum atomic E-state index is 11.2. The number of carbonyl (C=O) groups is 1. The molecule has 16 heavy (non-hydrogen) atoms. The van der Waals surface area contributed by atoms with Gasteiger partial charge in [-0.25, -0.2) is 0 Å². The fourth-order valence-corrected chi connectivity index (χ4v) is 1.59. The van der Waals surface area contributed by atoms with Crippen molar-refractivity contribution in [2.24, 2.45) is 0 Å². The minimum absolute atomic E-state index is 0.253. The van der Waals surface area contributed by atoms with Crippen molar-refractivity contribution in [3.63, 3.8) is 0 Å². The monoisotopic (exact) mass is 220 g/mol. The second kappa shape index (κ2) is 5.69. The van der Waals surface area contributed by atoms with Crippen LogP contribution in [-0.2, 0) is 4.79 Å². The van der Waals surface area contributed by atoms with Gasteiger partial charge in [0.15, 0.2) is 0 Å². The van der Waals surface area contributed by atoms with E-state index in [4.69, 9.17) is 4.74 Å². The summed E-state index contributed by atoms with van der Waals surface area (Å²) in [5.41, 5.74) is 3.53. The van der Waals surface area contributed by atoms with Gasteiger partial charge in [-0.05, 0) is 37.5 Å². The predicted molar refractivity (Wildman–Crippen MR) is 66.1 cm³/mol. The molecule has 0 aliphatic rings. The Morgan fingerprint density at radius 3 is 2.44 bits per heavy atom. The summed E-state index contributed by atoms with van der Waals surface area (Å²) in [6.07, 6.45) is 1.10. The number of Topliss-reactive ketones (excluding diaryl/α,β-unsaturated/α-hetero) is 1. The van der Waals surface area contributed by atoms with Crippen LogP contribution in [0.15, 0.2) is 12.1 Å². The third kappa shape index (κ3) is 3.09. The summed E-state index contributed by atoms with van der Waals surface area (Å²) in [7, 11) is 0. The molecule has 0 heterocycles. The maximum Gasteiger partial charge on any atom is 0.136 e. The van der Waals surface area contributed by atoms with Gasteiger partial charge in [0.1, 0.15) is 11.5 Å². The van der Waals surface area contributed by atoms with Crippen LogP contribution in [0.5, 0.6) is 5.75 Å². The van der Waals surface area contributed by atoms with E-state index in [1.54, 1.807) is 0 Å². The van der Waals surface area contributed by atoms with E-state index in [1.807, 2.05) is 13.8 Å². The second-order valence-corrected chi connectivity index (χ2v) is 4.14. The lowest BCUT2D eigenvalue weighted by molar-refractivity contribution is -0.119. The molecule has 0 bridgehead atoms. The lowest BCUT2D eigenvalue weighted by Gasteiger charge is -2.13. The Hall–Kier alpha value is -1.31. The van der Waals surface area contributed by atoms with Crippen molar-refractivity contribution in [3.8, 4) is 5.75 Å². The van der Waals surface area contributed by atoms with Crippen LogP contribution in [0.4, 0.5) is 0 Å². The average Bonchev–Trinajstić information content (AvgIpc) is 2.28. The van der Waals surface area contributed by atoms with Gasteiger partial charge in [0, 0.05) is 12.8 Å².